The van der Waals surface area contributed by atoms with Gasteiger partial charge in [-0.2, -0.15) is 0 Å². The molecule has 1 unspecified atom stereocenters. The first-order chi connectivity index (χ1) is 8.10. The Morgan fingerprint density at radius 3 is 2.11 bits per heavy atom. The second-order valence-corrected chi connectivity index (χ2v) is 5.36. The third-order valence-corrected chi connectivity index (χ3v) is 3.92. The first-order valence-corrected chi connectivity index (χ1v) is 6.80. The number of carbonyl (C=O) groups is 1. The number of methoxy groups -OCH3 is 2. The Labute approximate surface area is 123 Å². The third kappa shape index (κ3) is 4.65. The summed E-state index contributed by atoms with van der Waals surface area (Å²) >= 11 is 0. The second-order valence-electron chi connectivity index (χ2n) is 4.14. The molecule has 0 aliphatic heterocycles. The van der Waals surface area contributed by atoms with E-state index < -0.39 is 0 Å². The first kappa shape index (κ1) is 17.5. The maximum atomic E-state index is 12.2. The number of hydrogen-bond acceptors (Lipinski definition) is 3. The molecule has 1 aromatic rings. The molecule has 0 aliphatic rings. The SMILES string of the molecule is COc1cccc(OC)c1C(=O)PCC(C)C.[LiH]. The Hall–Kier alpha value is -0.483. The van der Waals surface area contributed by atoms with Gasteiger partial charge in [-0.05, 0) is 32.8 Å². The van der Waals surface area contributed by atoms with Gasteiger partial charge in [0.2, 0.25) is 0 Å². The van der Waals surface area contributed by atoms with Crippen LogP contribution in [0.5, 0.6) is 11.5 Å². The molecule has 0 heterocycles. The molecule has 0 aromatic heterocycles. The van der Waals surface area contributed by atoms with Crippen molar-refractivity contribution in [1.29, 1.82) is 0 Å². The monoisotopic (exact) mass is 262 g/mol. The van der Waals surface area contributed by atoms with Crippen molar-refractivity contribution in [2.24, 2.45) is 5.92 Å². The van der Waals surface area contributed by atoms with Crippen molar-refractivity contribution >= 4 is 33.0 Å². The standard InChI is InChI=1S/C13H19O3P.Li.H/c1-9(2)8-17-13(14)12-10(15-3)6-5-7-11(12)16-4;;/h5-7,9,17H,8H2,1-4H3;;. The van der Waals surface area contributed by atoms with E-state index in [1.165, 1.54) is 0 Å². The summed E-state index contributed by atoms with van der Waals surface area (Å²) in [7, 11) is 3.40. The summed E-state index contributed by atoms with van der Waals surface area (Å²) in [6.07, 6.45) is 0.903. The molecule has 1 rings (SSSR count). The molecule has 5 heteroatoms. The van der Waals surface area contributed by atoms with Crippen molar-refractivity contribution in [3.05, 3.63) is 23.8 Å². The molecule has 0 spiro atoms. The molecule has 3 nitrogen and oxygen atoms in total. The Morgan fingerprint density at radius 2 is 1.72 bits per heavy atom. The van der Waals surface area contributed by atoms with Gasteiger partial charge in [-0.15, -0.1) is 0 Å². The quantitative estimate of drug-likeness (QED) is 0.583. The molecule has 0 fully saturated rings. The van der Waals surface area contributed by atoms with Gasteiger partial charge in [-0.25, -0.2) is 0 Å². The zero-order chi connectivity index (χ0) is 12.8. The van der Waals surface area contributed by atoms with Crippen LogP contribution in [0, 0.1) is 5.92 Å². The van der Waals surface area contributed by atoms with Gasteiger partial charge in [0.1, 0.15) is 17.1 Å². The Bertz CT molecular complexity index is 372. The molecule has 0 amide bonds. The number of rotatable bonds is 6. The zero-order valence-corrected chi connectivity index (χ0v) is 11.7. The summed E-state index contributed by atoms with van der Waals surface area (Å²) in [5, 5.41) is 0. The molecule has 0 bridgehead atoms. The van der Waals surface area contributed by atoms with E-state index in [-0.39, 0.29) is 33.0 Å². The van der Waals surface area contributed by atoms with Crippen LogP contribution in [-0.4, -0.2) is 44.8 Å². The van der Waals surface area contributed by atoms with Crippen LogP contribution in [0.3, 0.4) is 0 Å². The molecule has 0 aliphatic carbocycles. The van der Waals surface area contributed by atoms with Gasteiger partial charge >= 0.3 is 18.9 Å². The fourth-order valence-corrected chi connectivity index (χ4v) is 2.48. The van der Waals surface area contributed by atoms with Crippen LogP contribution in [-0.2, 0) is 0 Å². The molecular formula is C13H20LiO3P. The van der Waals surface area contributed by atoms with Gasteiger partial charge in [0, 0.05) is 0 Å². The van der Waals surface area contributed by atoms with Gasteiger partial charge in [0.05, 0.1) is 14.2 Å². The number of carbonyl (C=O) groups excluding carboxylic acids is 1. The van der Waals surface area contributed by atoms with E-state index in [0.717, 1.165) is 6.16 Å². The van der Waals surface area contributed by atoms with Crippen molar-refractivity contribution in [3.63, 3.8) is 0 Å². The second kappa shape index (κ2) is 8.59. The minimum atomic E-state index is 0. The van der Waals surface area contributed by atoms with E-state index in [4.69, 9.17) is 9.47 Å². The fourth-order valence-electron chi connectivity index (χ4n) is 1.46. The van der Waals surface area contributed by atoms with Gasteiger partial charge in [-0.1, -0.05) is 19.9 Å². The molecular weight excluding hydrogens is 242 g/mol. The van der Waals surface area contributed by atoms with Crippen LogP contribution in [0.1, 0.15) is 24.2 Å². The summed E-state index contributed by atoms with van der Waals surface area (Å²) in [4.78, 5) is 12.2. The number of benzene rings is 1. The average molecular weight is 262 g/mol. The molecule has 18 heavy (non-hydrogen) atoms. The van der Waals surface area contributed by atoms with Gasteiger partial charge in [0.25, 0.3) is 0 Å². The van der Waals surface area contributed by atoms with Crippen LogP contribution < -0.4 is 9.47 Å². The summed E-state index contributed by atoms with van der Waals surface area (Å²) in [6.45, 7) is 4.22. The fraction of sp³-hybridized carbons (Fsp3) is 0.462. The average Bonchev–Trinajstić information content (AvgIpc) is 2.34. The topological polar surface area (TPSA) is 35.5 Å². The summed E-state index contributed by atoms with van der Waals surface area (Å²) in [5.74, 6) is 1.70. The van der Waals surface area contributed by atoms with Crippen molar-refractivity contribution in [3.8, 4) is 11.5 Å². The van der Waals surface area contributed by atoms with E-state index >= 15 is 0 Å². The van der Waals surface area contributed by atoms with E-state index in [0.29, 0.717) is 23.0 Å². The molecule has 0 N–H and O–H groups in total. The summed E-state index contributed by atoms with van der Waals surface area (Å²) in [5.41, 5.74) is 0.671. The molecule has 0 saturated heterocycles. The van der Waals surface area contributed by atoms with Crippen molar-refractivity contribution in [2.75, 3.05) is 20.4 Å². The van der Waals surface area contributed by atoms with E-state index in [9.17, 15) is 4.79 Å². The number of hydrogen-bond donors (Lipinski definition) is 0. The van der Waals surface area contributed by atoms with Crippen molar-refractivity contribution in [1.82, 2.24) is 0 Å². The predicted molar refractivity (Wildman–Crippen MR) is 79.0 cm³/mol. The Balaban J connectivity index is 0.00000289. The van der Waals surface area contributed by atoms with Gasteiger partial charge in [0.15, 0.2) is 5.52 Å². The maximum absolute atomic E-state index is 12.2. The van der Waals surface area contributed by atoms with Crippen LogP contribution in [0.2, 0.25) is 0 Å². The molecule has 0 saturated carbocycles. The van der Waals surface area contributed by atoms with Gasteiger partial charge in [-0.3, -0.25) is 4.79 Å². The summed E-state index contributed by atoms with van der Waals surface area (Å²) in [6, 6.07) is 5.39. The minimum absolute atomic E-state index is 0. The molecule has 0 radical (unpaired) electrons. The summed E-state index contributed by atoms with van der Waals surface area (Å²) < 4.78 is 10.4. The Kier molecular flexibility index (Phi) is 8.36. The van der Waals surface area contributed by atoms with Crippen LogP contribution in [0.15, 0.2) is 18.2 Å². The Morgan fingerprint density at radius 1 is 1.22 bits per heavy atom. The number of ether oxygens (including phenoxy) is 2. The third-order valence-electron chi connectivity index (χ3n) is 2.33. The molecule has 1 atom stereocenters. The van der Waals surface area contributed by atoms with E-state index in [2.05, 4.69) is 13.8 Å². The normalized spacial score (nSPS) is 10.5. The van der Waals surface area contributed by atoms with Crippen LogP contribution in [0.25, 0.3) is 0 Å². The van der Waals surface area contributed by atoms with Gasteiger partial charge < -0.3 is 9.47 Å². The van der Waals surface area contributed by atoms with Crippen molar-refractivity contribution in [2.45, 2.75) is 13.8 Å². The van der Waals surface area contributed by atoms with E-state index in [1.807, 2.05) is 6.07 Å². The van der Waals surface area contributed by atoms with Crippen LogP contribution in [0.4, 0.5) is 0 Å². The molecule has 1 aromatic carbocycles. The first-order valence-electron chi connectivity index (χ1n) is 5.59. The zero-order valence-electron chi connectivity index (χ0n) is 10.7. The van der Waals surface area contributed by atoms with E-state index in [1.54, 1.807) is 26.4 Å². The predicted octanol–water partition coefficient (Wildman–Crippen LogP) is 2.53. The van der Waals surface area contributed by atoms with Crippen molar-refractivity contribution < 1.29 is 14.3 Å². The molecule has 96 valence electrons. The van der Waals surface area contributed by atoms with Crippen LogP contribution >= 0.6 is 8.58 Å².